The van der Waals surface area contributed by atoms with Crippen LogP contribution in [-0.2, 0) is 14.6 Å². The maximum atomic E-state index is 10.8. The molecule has 0 heterocycles. The van der Waals surface area contributed by atoms with Gasteiger partial charge in [0.15, 0.2) is 9.84 Å². The molecule has 0 atom stereocenters. The van der Waals surface area contributed by atoms with Crippen LogP contribution >= 0.6 is 0 Å². The van der Waals surface area contributed by atoms with Crippen molar-refractivity contribution >= 4 is 15.8 Å². The summed E-state index contributed by atoms with van der Waals surface area (Å²) < 4.78 is 21.6. The lowest BCUT2D eigenvalue weighted by molar-refractivity contribution is -0.136. The summed E-state index contributed by atoms with van der Waals surface area (Å²) in [6, 6.07) is 0. The Hall–Kier alpha value is -0.620. The highest BCUT2D eigenvalue weighted by molar-refractivity contribution is 7.91. The Bertz CT molecular complexity index is 221. The van der Waals surface area contributed by atoms with Crippen molar-refractivity contribution in [3.8, 4) is 0 Å². The summed E-state index contributed by atoms with van der Waals surface area (Å²) in [6.45, 7) is 0.0436. The summed E-state index contributed by atoms with van der Waals surface area (Å²) in [6.07, 6.45) is -0.345. The van der Waals surface area contributed by atoms with Crippen molar-refractivity contribution in [1.82, 2.24) is 0 Å². The lowest BCUT2D eigenvalue weighted by Crippen LogP contribution is -2.19. The molecule has 0 aliphatic rings. The van der Waals surface area contributed by atoms with E-state index in [1.165, 1.54) is 0 Å². The highest BCUT2D eigenvalue weighted by atomic mass is 32.2. The maximum Gasteiger partial charge on any atom is 0.304 e. The molecule has 0 radical (unpaired) electrons. The Morgan fingerprint density at radius 1 is 1.36 bits per heavy atom. The van der Waals surface area contributed by atoms with Gasteiger partial charge in [0.05, 0.1) is 17.9 Å². The Morgan fingerprint density at radius 3 is 2.27 bits per heavy atom. The normalized spacial score (nSPS) is 11.4. The van der Waals surface area contributed by atoms with E-state index in [-0.39, 0.29) is 24.5 Å². The van der Waals surface area contributed by atoms with Crippen LogP contribution in [0.4, 0.5) is 0 Å². The predicted octanol–water partition coefficient (Wildman–Crippen LogP) is -1.17. The molecule has 0 fully saturated rings. The minimum absolute atomic E-state index is 0.0436. The van der Waals surface area contributed by atoms with Gasteiger partial charge in [-0.15, -0.1) is 0 Å². The number of hydrogen-bond donors (Lipinski definition) is 2. The quantitative estimate of drug-likeness (QED) is 0.557. The molecule has 66 valence electrons. The number of carboxylic acids is 1. The highest BCUT2D eigenvalue weighted by Crippen LogP contribution is 1.92. The van der Waals surface area contributed by atoms with Crippen molar-refractivity contribution in [2.75, 3.05) is 18.1 Å². The van der Waals surface area contributed by atoms with Crippen LogP contribution in [0.2, 0.25) is 0 Å². The highest BCUT2D eigenvalue weighted by Gasteiger charge is 2.11. The molecule has 11 heavy (non-hydrogen) atoms. The molecule has 0 aromatic heterocycles. The van der Waals surface area contributed by atoms with E-state index < -0.39 is 15.8 Å². The zero-order chi connectivity index (χ0) is 8.91. The van der Waals surface area contributed by atoms with Gasteiger partial charge in [-0.2, -0.15) is 0 Å². The molecule has 0 aliphatic carbocycles. The summed E-state index contributed by atoms with van der Waals surface area (Å²) >= 11 is 0. The van der Waals surface area contributed by atoms with Crippen molar-refractivity contribution in [2.45, 2.75) is 6.42 Å². The second-order valence-corrected chi connectivity index (χ2v) is 4.39. The number of carboxylic acid groups (broad SMARTS) is 1. The summed E-state index contributed by atoms with van der Waals surface area (Å²) in [5.41, 5.74) is 4.99. The summed E-state index contributed by atoms with van der Waals surface area (Å²) in [5.74, 6) is -1.56. The van der Waals surface area contributed by atoms with Gasteiger partial charge in [0.2, 0.25) is 0 Å². The zero-order valence-corrected chi connectivity index (χ0v) is 6.80. The number of nitrogens with two attached hydrogens (primary N) is 1. The molecule has 0 spiro atoms. The van der Waals surface area contributed by atoms with Gasteiger partial charge in [0.1, 0.15) is 0 Å². The fourth-order valence-electron chi connectivity index (χ4n) is 0.524. The van der Waals surface area contributed by atoms with Crippen molar-refractivity contribution < 1.29 is 18.3 Å². The van der Waals surface area contributed by atoms with Gasteiger partial charge in [0, 0.05) is 6.54 Å². The molecule has 0 aliphatic heterocycles. The molecule has 3 N–H and O–H groups in total. The van der Waals surface area contributed by atoms with Crippen LogP contribution in [0.15, 0.2) is 0 Å². The van der Waals surface area contributed by atoms with Crippen LogP contribution in [0.1, 0.15) is 6.42 Å². The Kier molecular flexibility index (Phi) is 4.06. The predicted molar refractivity (Wildman–Crippen MR) is 40.0 cm³/mol. The third-order valence-electron chi connectivity index (χ3n) is 1.06. The fourth-order valence-corrected chi connectivity index (χ4v) is 1.57. The van der Waals surface area contributed by atoms with E-state index in [0.717, 1.165) is 0 Å². The minimum atomic E-state index is -3.23. The SMILES string of the molecule is NCCS(=O)(=O)CCC(=O)O. The standard InChI is InChI=1S/C5H11NO4S/c6-2-4-11(9,10)3-1-5(7)8/h1-4,6H2,(H,7,8). The van der Waals surface area contributed by atoms with Gasteiger partial charge in [0.25, 0.3) is 0 Å². The summed E-state index contributed by atoms with van der Waals surface area (Å²) in [7, 11) is -3.23. The third-order valence-corrected chi connectivity index (χ3v) is 2.74. The first-order chi connectivity index (χ1) is 4.98. The topological polar surface area (TPSA) is 97.5 Å². The van der Waals surface area contributed by atoms with Crippen molar-refractivity contribution in [3.05, 3.63) is 0 Å². The van der Waals surface area contributed by atoms with Crippen LogP contribution in [0, 0.1) is 0 Å². The molecular weight excluding hydrogens is 170 g/mol. The second kappa shape index (κ2) is 4.30. The molecule has 0 amide bonds. The average molecular weight is 181 g/mol. The monoisotopic (exact) mass is 181 g/mol. The van der Waals surface area contributed by atoms with Crippen LogP contribution in [-0.4, -0.2) is 37.5 Å². The number of hydrogen-bond acceptors (Lipinski definition) is 4. The zero-order valence-electron chi connectivity index (χ0n) is 5.99. The van der Waals surface area contributed by atoms with Crippen LogP contribution in [0.5, 0.6) is 0 Å². The molecule has 0 aromatic rings. The smallest absolute Gasteiger partial charge is 0.304 e. The Morgan fingerprint density at radius 2 is 1.91 bits per heavy atom. The molecule has 6 heteroatoms. The van der Waals surface area contributed by atoms with Crippen molar-refractivity contribution in [2.24, 2.45) is 5.73 Å². The van der Waals surface area contributed by atoms with Gasteiger partial charge in [-0.1, -0.05) is 0 Å². The van der Waals surface area contributed by atoms with Gasteiger partial charge in [-0.25, -0.2) is 8.42 Å². The van der Waals surface area contributed by atoms with E-state index in [4.69, 9.17) is 10.8 Å². The number of sulfone groups is 1. The van der Waals surface area contributed by atoms with Crippen LogP contribution in [0.3, 0.4) is 0 Å². The number of rotatable bonds is 5. The van der Waals surface area contributed by atoms with E-state index in [0.29, 0.717) is 0 Å². The van der Waals surface area contributed by atoms with Crippen LogP contribution in [0.25, 0.3) is 0 Å². The lowest BCUT2D eigenvalue weighted by Gasteiger charge is -1.98. The van der Waals surface area contributed by atoms with E-state index >= 15 is 0 Å². The Labute approximate surface area is 65.1 Å². The first-order valence-corrected chi connectivity index (χ1v) is 4.92. The molecule has 0 unspecified atom stereocenters. The van der Waals surface area contributed by atoms with E-state index in [2.05, 4.69) is 0 Å². The van der Waals surface area contributed by atoms with E-state index in [9.17, 15) is 13.2 Å². The molecule has 5 nitrogen and oxygen atoms in total. The maximum absolute atomic E-state index is 10.8. The van der Waals surface area contributed by atoms with Gasteiger partial charge >= 0.3 is 5.97 Å². The van der Waals surface area contributed by atoms with E-state index in [1.807, 2.05) is 0 Å². The number of carbonyl (C=O) groups is 1. The minimum Gasteiger partial charge on any atom is -0.481 e. The van der Waals surface area contributed by atoms with Gasteiger partial charge in [-0.3, -0.25) is 4.79 Å². The lowest BCUT2D eigenvalue weighted by atomic mass is 10.5. The largest absolute Gasteiger partial charge is 0.481 e. The molecule has 0 rings (SSSR count). The molecule has 0 saturated heterocycles. The molecule has 0 bridgehead atoms. The molecule has 0 aromatic carbocycles. The van der Waals surface area contributed by atoms with Crippen molar-refractivity contribution in [1.29, 1.82) is 0 Å². The van der Waals surface area contributed by atoms with Crippen LogP contribution < -0.4 is 5.73 Å². The fraction of sp³-hybridized carbons (Fsp3) is 0.800. The molecular formula is C5H11NO4S. The summed E-state index contributed by atoms with van der Waals surface area (Å²) in [4.78, 5) is 9.95. The number of aliphatic carboxylic acids is 1. The first-order valence-electron chi connectivity index (χ1n) is 3.10. The Balaban J connectivity index is 3.84. The van der Waals surface area contributed by atoms with Crippen molar-refractivity contribution in [3.63, 3.8) is 0 Å². The second-order valence-electron chi connectivity index (χ2n) is 2.08. The average Bonchev–Trinajstić information content (AvgIpc) is 1.84. The molecule has 0 saturated carbocycles. The van der Waals surface area contributed by atoms with E-state index in [1.54, 1.807) is 0 Å². The first kappa shape index (κ1) is 10.4. The third kappa shape index (κ3) is 5.81. The van der Waals surface area contributed by atoms with Gasteiger partial charge < -0.3 is 10.8 Å². The van der Waals surface area contributed by atoms with Gasteiger partial charge in [-0.05, 0) is 0 Å². The summed E-state index contributed by atoms with van der Waals surface area (Å²) in [5, 5.41) is 8.15.